The molecule has 1 atom stereocenters. The van der Waals surface area contributed by atoms with E-state index in [0.29, 0.717) is 5.01 Å². The van der Waals surface area contributed by atoms with Gasteiger partial charge in [-0.15, -0.1) is 11.3 Å². The zero-order valence-electron chi connectivity index (χ0n) is 9.10. The first-order valence-electron chi connectivity index (χ1n) is 5.35. The first-order valence-corrected chi connectivity index (χ1v) is 6.23. The van der Waals surface area contributed by atoms with Gasteiger partial charge in [0.05, 0.1) is 12.6 Å². The molecule has 1 amide bonds. The van der Waals surface area contributed by atoms with Crippen molar-refractivity contribution >= 4 is 23.2 Å². The average molecular weight is 255 g/mol. The van der Waals surface area contributed by atoms with Crippen LogP contribution < -0.4 is 10.6 Å². The minimum absolute atomic E-state index is 0.0261. The highest BCUT2D eigenvalue weighted by Gasteiger charge is 2.21. The number of nitrogens with one attached hydrogen (secondary N) is 2. The third-order valence-corrected chi connectivity index (χ3v) is 3.41. The highest BCUT2D eigenvalue weighted by Crippen LogP contribution is 2.10. The highest BCUT2D eigenvalue weighted by molar-refractivity contribution is 7.09. The average Bonchev–Trinajstić information content (AvgIpc) is 2.97. The molecule has 1 saturated heterocycles. The van der Waals surface area contributed by atoms with Crippen LogP contribution in [0.1, 0.15) is 28.3 Å². The van der Waals surface area contributed by atoms with Gasteiger partial charge in [0.1, 0.15) is 5.01 Å². The van der Waals surface area contributed by atoms with Gasteiger partial charge in [-0.25, -0.2) is 9.78 Å². The fourth-order valence-corrected chi connectivity index (χ4v) is 2.39. The van der Waals surface area contributed by atoms with Gasteiger partial charge in [0.2, 0.25) is 5.91 Å². The Morgan fingerprint density at radius 2 is 2.47 bits per heavy atom. The Labute approximate surface area is 102 Å². The maximum Gasteiger partial charge on any atom is 0.355 e. The number of nitrogens with zero attached hydrogens (tertiary/aromatic N) is 1. The lowest BCUT2D eigenvalue weighted by Crippen LogP contribution is -2.39. The molecule has 2 heterocycles. The van der Waals surface area contributed by atoms with Crippen LogP contribution in [0.3, 0.4) is 0 Å². The summed E-state index contributed by atoms with van der Waals surface area (Å²) >= 11 is 1.24. The zero-order chi connectivity index (χ0) is 12.3. The number of aromatic carboxylic acids is 1. The van der Waals surface area contributed by atoms with Crippen LogP contribution in [0.15, 0.2) is 5.38 Å². The Morgan fingerprint density at radius 1 is 1.65 bits per heavy atom. The lowest BCUT2D eigenvalue weighted by atomic mass is 10.2. The van der Waals surface area contributed by atoms with E-state index in [1.807, 2.05) is 0 Å². The third kappa shape index (κ3) is 3.01. The van der Waals surface area contributed by atoms with Gasteiger partial charge in [-0.3, -0.25) is 4.79 Å². The monoisotopic (exact) mass is 255 g/mol. The first kappa shape index (κ1) is 12.0. The quantitative estimate of drug-likeness (QED) is 0.715. The normalized spacial score (nSPS) is 19.2. The Balaban J connectivity index is 1.84. The van der Waals surface area contributed by atoms with Crippen molar-refractivity contribution in [2.75, 3.05) is 6.54 Å². The predicted octanol–water partition coefficient (Wildman–Crippen LogP) is 0.209. The summed E-state index contributed by atoms with van der Waals surface area (Å²) in [5.74, 6) is -1.09. The fraction of sp³-hybridized carbons (Fsp3) is 0.500. The molecule has 2 rings (SSSR count). The van der Waals surface area contributed by atoms with Gasteiger partial charge in [0.25, 0.3) is 0 Å². The number of rotatable bonds is 4. The molecule has 7 heteroatoms. The van der Waals surface area contributed by atoms with Crippen molar-refractivity contribution in [3.8, 4) is 0 Å². The molecule has 1 aromatic heterocycles. The number of amides is 1. The van der Waals surface area contributed by atoms with E-state index in [2.05, 4.69) is 15.6 Å². The molecule has 1 aliphatic rings. The number of aromatic nitrogens is 1. The van der Waals surface area contributed by atoms with Gasteiger partial charge in [-0.05, 0) is 19.4 Å². The molecular weight excluding hydrogens is 242 g/mol. The molecule has 3 N–H and O–H groups in total. The van der Waals surface area contributed by atoms with Gasteiger partial charge < -0.3 is 15.7 Å². The molecule has 1 aromatic rings. The van der Waals surface area contributed by atoms with Crippen molar-refractivity contribution in [2.45, 2.75) is 25.4 Å². The fourth-order valence-electron chi connectivity index (χ4n) is 1.68. The van der Waals surface area contributed by atoms with Crippen LogP contribution >= 0.6 is 11.3 Å². The maximum absolute atomic E-state index is 11.6. The van der Waals surface area contributed by atoms with E-state index in [1.54, 1.807) is 0 Å². The van der Waals surface area contributed by atoms with Crippen LogP contribution in [-0.4, -0.2) is 34.6 Å². The molecule has 0 saturated carbocycles. The van der Waals surface area contributed by atoms with Crippen molar-refractivity contribution in [1.82, 2.24) is 15.6 Å². The van der Waals surface area contributed by atoms with E-state index in [0.717, 1.165) is 19.4 Å². The summed E-state index contributed by atoms with van der Waals surface area (Å²) in [6, 6.07) is -0.117. The molecule has 1 unspecified atom stereocenters. The molecular formula is C10H13N3O3S. The van der Waals surface area contributed by atoms with Gasteiger partial charge in [0, 0.05) is 5.38 Å². The number of hydrogen-bond donors (Lipinski definition) is 3. The van der Waals surface area contributed by atoms with E-state index in [4.69, 9.17) is 5.11 Å². The van der Waals surface area contributed by atoms with Crippen molar-refractivity contribution < 1.29 is 14.7 Å². The van der Waals surface area contributed by atoms with E-state index < -0.39 is 5.97 Å². The van der Waals surface area contributed by atoms with E-state index in [-0.39, 0.29) is 24.2 Å². The van der Waals surface area contributed by atoms with Gasteiger partial charge in [0.15, 0.2) is 5.69 Å². The molecule has 0 radical (unpaired) electrons. The second-order valence-corrected chi connectivity index (χ2v) is 4.74. The molecule has 0 aliphatic carbocycles. The Bertz CT molecular complexity index is 426. The smallest absolute Gasteiger partial charge is 0.355 e. The maximum atomic E-state index is 11.6. The lowest BCUT2D eigenvalue weighted by molar-refractivity contribution is -0.122. The summed E-state index contributed by atoms with van der Waals surface area (Å²) in [5, 5.41) is 16.6. The molecule has 0 spiro atoms. The van der Waals surface area contributed by atoms with Gasteiger partial charge >= 0.3 is 5.97 Å². The summed E-state index contributed by atoms with van der Waals surface area (Å²) in [7, 11) is 0. The predicted molar refractivity (Wildman–Crippen MR) is 61.9 cm³/mol. The second-order valence-electron chi connectivity index (χ2n) is 3.80. The molecule has 1 aliphatic heterocycles. The summed E-state index contributed by atoms with van der Waals surface area (Å²) in [6.45, 7) is 1.16. The molecule has 0 aromatic carbocycles. The number of carbonyl (C=O) groups excluding carboxylic acids is 1. The van der Waals surface area contributed by atoms with Crippen LogP contribution in [0, 0.1) is 0 Å². The lowest BCUT2D eigenvalue weighted by Gasteiger charge is -2.09. The van der Waals surface area contributed by atoms with Crippen molar-refractivity contribution in [2.24, 2.45) is 0 Å². The van der Waals surface area contributed by atoms with Crippen LogP contribution in [0.25, 0.3) is 0 Å². The first-order chi connectivity index (χ1) is 8.16. The standard InChI is InChI=1S/C10H13N3O3S/c14-9(6-2-1-3-11-6)12-4-8-13-7(5-17-8)10(15)16/h5-6,11H,1-4H2,(H,12,14)(H,15,16). The summed E-state index contributed by atoms with van der Waals surface area (Å²) in [4.78, 5) is 26.1. The van der Waals surface area contributed by atoms with Crippen LogP contribution in [0.5, 0.6) is 0 Å². The van der Waals surface area contributed by atoms with Crippen LogP contribution in [-0.2, 0) is 11.3 Å². The minimum atomic E-state index is -1.05. The topological polar surface area (TPSA) is 91.3 Å². The number of thiazole rings is 1. The zero-order valence-corrected chi connectivity index (χ0v) is 9.92. The summed E-state index contributed by atoms with van der Waals surface area (Å²) in [6.07, 6.45) is 1.86. The molecule has 0 bridgehead atoms. The minimum Gasteiger partial charge on any atom is -0.476 e. The molecule has 1 fully saturated rings. The number of hydrogen-bond acceptors (Lipinski definition) is 5. The Hall–Kier alpha value is -1.47. The SMILES string of the molecule is O=C(O)c1csc(CNC(=O)C2CCCN2)n1. The van der Waals surface area contributed by atoms with E-state index in [9.17, 15) is 9.59 Å². The number of carbonyl (C=O) groups is 2. The second kappa shape index (κ2) is 5.24. The molecule has 17 heavy (non-hydrogen) atoms. The molecule has 6 nitrogen and oxygen atoms in total. The Kier molecular flexibility index (Phi) is 3.70. The number of carboxylic acid groups (broad SMARTS) is 1. The van der Waals surface area contributed by atoms with Gasteiger partial charge in [-0.1, -0.05) is 0 Å². The third-order valence-electron chi connectivity index (χ3n) is 2.56. The highest BCUT2D eigenvalue weighted by atomic mass is 32.1. The van der Waals surface area contributed by atoms with Crippen LogP contribution in [0.2, 0.25) is 0 Å². The largest absolute Gasteiger partial charge is 0.476 e. The number of carboxylic acids is 1. The van der Waals surface area contributed by atoms with Gasteiger partial charge in [-0.2, -0.15) is 0 Å². The van der Waals surface area contributed by atoms with Crippen molar-refractivity contribution in [1.29, 1.82) is 0 Å². The van der Waals surface area contributed by atoms with Crippen molar-refractivity contribution in [3.05, 3.63) is 16.1 Å². The summed E-state index contributed by atoms with van der Waals surface area (Å²) < 4.78 is 0. The van der Waals surface area contributed by atoms with E-state index >= 15 is 0 Å². The van der Waals surface area contributed by atoms with Crippen LogP contribution in [0.4, 0.5) is 0 Å². The summed E-state index contributed by atoms with van der Waals surface area (Å²) in [5.41, 5.74) is 0.0261. The molecule has 92 valence electrons. The Morgan fingerprint density at radius 3 is 3.06 bits per heavy atom. The van der Waals surface area contributed by atoms with Crippen molar-refractivity contribution in [3.63, 3.8) is 0 Å². The van der Waals surface area contributed by atoms with E-state index in [1.165, 1.54) is 16.7 Å².